The zero-order valence-corrected chi connectivity index (χ0v) is 21.8. The third-order valence-electron chi connectivity index (χ3n) is 6.80. The molecule has 174 valence electrons. The molecule has 0 spiro atoms. The molecule has 0 fully saturated rings. The number of thiazole rings is 1. The van der Waals surface area contributed by atoms with Crippen LogP contribution in [0.1, 0.15) is 40.3 Å². The SMILES string of the molecule is COc1ccccc1C1C2=C(N=c3sc(=Cc4ccc(C)c(Br)c4)c(=O)n31)c1ccccc1CC2. The smallest absolute Gasteiger partial charge is 0.271 e. The maximum absolute atomic E-state index is 13.9. The molecule has 1 aliphatic heterocycles. The van der Waals surface area contributed by atoms with Gasteiger partial charge in [-0.15, -0.1) is 0 Å². The van der Waals surface area contributed by atoms with Gasteiger partial charge in [-0.2, -0.15) is 0 Å². The number of halogens is 1. The number of fused-ring (bicyclic) bond motifs is 3. The van der Waals surface area contributed by atoms with Crippen LogP contribution in [-0.4, -0.2) is 11.7 Å². The maximum Gasteiger partial charge on any atom is 0.271 e. The van der Waals surface area contributed by atoms with E-state index in [-0.39, 0.29) is 11.6 Å². The summed E-state index contributed by atoms with van der Waals surface area (Å²) < 4.78 is 9.32. The number of nitrogens with zero attached hydrogens (tertiary/aromatic N) is 2. The quantitative estimate of drug-likeness (QED) is 0.348. The molecule has 1 aliphatic carbocycles. The van der Waals surface area contributed by atoms with Crippen molar-refractivity contribution in [3.8, 4) is 5.75 Å². The van der Waals surface area contributed by atoms with Gasteiger partial charge < -0.3 is 4.74 Å². The summed E-state index contributed by atoms with van der Waals surface area (Å²) in [5.41, 5.74) is 7.74. The Morgan fingerprint density at radius 3 is 2.71 bits per heavy atom. The molecule has 4 aromatic rings. The second-order valence-corrected chi connectivity index (χ2v) is 10.7. The average molecular weight is 543 g/mol. The lowest BCUT2D eigenvalue weighted by Gasteiger charge is -2.31. The Kier molecular flexibility index (Phi) is 5.58. The van der Waals surface area contributed by atoms with Crippen molar-refractivity contribution in [1.29, 1.82) is 0 Å². The summed E-state index contributed by atoms with van der Waals surface area (Å²) in [6.07, 6.45) is 3.75. The molecule has 1 aromatic heterocycles. The summed E-state index contributed by atoms with van der Waals surface area (Å²) in [6.45, 7) is 2.05. The Morgan fingerprint density at radius 1 is 1.09 bits per heavy atom. The highest BCUT2D eigenvalue weighted by molar-refractivity contribution is 9.10. The fourth-order valence-corrected chi connectivity index (χ4v) is 6.44. The lowest BCUT2D eigenvalue weighted by molar-refractivity contribution is 0.402. The third-order valence-corrected chi connectivity index (χ3v) is 8.64. The zero-order chi connectivity index (χ0) is 24.1. The Morgan fingerprint density at radius 2 is 1.89 bits per heavy atom. The molecule has 0 bridgehead atoms. The molecule has 35 heavy (non-hydrogen) atoms. The normalized spacial score (nSPS) is 16.9. The summed E-state index contributed by atoms with van der Waals surface area (Å²) in [7, 11) is 1.68. The van der Waals surface area contributed by atoms with Crippen LogP contribution < -0.4 is 19.6 Å². The van der Waals surface area contributed by atoms with Gasteiger partial charge in [0.2, 0.25) is 0 Å². The fraction of sp³-hybridized carbons (Fsp3) is 0.172. The van der Waals surface area contributed by atoms with E-state index in [1.165, 1.54) is 22.5 Å². The topological polar surface area (TPSA) is 43.6 Å². The molecule has 1 unspecified atom stereocenters. The molecule has 0 amide bonds. The van der Waals surface area contributed by atoms with Crippen molar-refractivity contribution in [1.82, 2.24) is 4.57 Å². The first kappa shape index (κ1) is 22.3. The van der Waals surface area contributed by atoms with Crippen LogP contribution in [0.2, 0.25) is 0 Å². The van der Waals surface area contributed by atoms with E-state index >= 15 is 0 Å². The molecule has 3 aromatic carbocycles. The first-order valence-electron chi connectivity index (χ1n) is 11.6. The minimum atomic E-state index is -0.252. The zero-order valence-electron chi connectivity index (χ0n) is 19.4. The minimum absolute atomic E-state index is 0.0215. The van der Waals surface area contributed by atoms with Gasteiger partial charge in [-0.05, 0) is 60.2 Å². The number of hydrogen-bond acceptors (Lipinski definition) is 4. The van der Waals surface area contributed by atoms with Crippen LogP contribution in [0.25, 0.3) is 11.8 Å². The van der Waals surface area contributed by atoms with E-state index < -0.39 is 0 Å². The summed E-state index contributed by atoms with van der Waals surface area (Å²) in [4.78, 5) is 19.7. The molecule has 0 radical (unpaired) electrons. The van der Waals surface area contributed by atoms with Crippen molar-refractivity contribution in [2.24, 2.45) is 4.99 Å². The maximum atomic E-state index is 13.9. The Balaban J connectivity index is 1.64. The third kappa shape index (κ3) is 3.72. The molecule has 0 N–H and O–H groups in total. The summed E-state index contributed by atoms with van der Waals surface area (Å²) >= 11 is 5.06. The molecule has 2 heterocycles. The van der Waals surface area contributed by atoms with Gasteiger partial charge in [-0.1, -0.05) is 81.9 Å². The summed E-state index contributed by atoms with van der Waals surface area (Å²) in [6, 6.07) is 22.4. The van der Waals surface area contributed by atoms with Gasteiger partial charge in [0.1, 0.15) is 5.75 Å². The molecular formula is C29H23BrN2O2S. The molecule has 6 rings (SSSR count). The molecule has 2 aliphatic rings. The van der Waals surface area contributed by atoms with E-state index in [0.717, 1.165) is 55.8 Å². The van der Waals surface area contributed by atoms with Gasteiger partial charge in [0, 0.05) is 15.6 Å². The van der Waals surface area contributed by atoms with Gasteiger partial charge >= 0.3 is 0 Å². The number of methoxy groups -OCH3 is 1. The van der Waals surface area contributed by atoms with Crippen molar-refractivity contribution in [2.45, 2.75) is 25.8 Å². The van der Waals surface area contributed by atoms with E-state index in [0.29, 0.717) is 4.53 Å². The number of hydrogen-bond donors (Lipinski definition) is 0. The van der Waals surface area contributed by atoms with Crippen LogP contribution in [0.15, 0.2) is 86.6 Å². The van der Waals surface area contributed by atoms with E-state index in [2.05, 4.69) is 59.3 Å². The number of aryl methyl sites for hydroxylation is 2. The number of ether oxygens (including phenoxy) is 1. The van der Waals surface area contributed by atoms with Crippen LogP contribution in [0.5, 0.6) is 5.75 Å². The molecule has 6 heteroatoms. The van der Waals surface area contributed by atoms with Crippen LogP contribution in [0.3, 0.4) is 0 Å². The predicted octanol–water partition coefficient (Wildman–Crippen LogP) is 5.40. The predicted molar refractivity (Wildman–Crippen MR) is 145 cm³/mol. The minimum Gasteiger partial charge on any atom is -0.496 e. The molecular weight excluding hydrogens is 520 g/mol. The largest absolute Gasteiger partial charge is 0.496 e. The van der Waals surface area contributed by atoms with Crippen LogP contribution in [-0.2, 0) is 6.42 Å². The second-order valence-electron chi connectivity index (χ2n) is 8.86. The number of para-hydroxylation sites is 1. The highest BCUT2D eigenvalue weighted by atomic mass is 79.9. The van der Waals surface area contributed by atoms with E-state index in [1.54, 1.807) is 7.11 Å². The van der Waals surface area contributed by atoms with Gasteiger partial charge in [0.25, 0.3) is 5.56 Å². The summed E-state index contributed by atoms with van der Waals surface area (Å²) in [5.74, 6) is 0.780. The standard InChI is InChI=1S/C29H23BrN2O2S/c1-17-11-12-18(15-23(17)30)16-25-28(33)32-27(21-9-5-6-10-24(21)34-2)22-14-13-19-7-3-4-8-20(19)26(22)31-29(32)35-25/h3-12,15-16,27H,13-14H2,1-2H3. The first-order chi connectivity index (χ1) is 17.0. The van der Waals surface area contributed by atoms with E-state index in [4.69, 9.17) is 9.73 Å². The Bertz CT molecular complexity index is 1700. The van der Waals surface area contributed by atoms with Crippen molar-refractivity contribution in [3.05, 3.63) is 124 Å². The second kappa shape index (κ2) is 8.77. The molecule has 0 saturated heterocycles. The number of rotatable bonds is 3. The lowest BCUT2D eigenvalue weighted by Crippen LogP contribution is -2.39. The van der Waals surface area contributed by atoms with Gasteiger partial charge in [0.05, 0.1) is 23.4 Å². The average Bonchev–Trinajstić information content (AvgIpc) is 3.19. The molecule has 4 nitrogen and oxygen atoms in total. The van der Waals surface area contributed by atoms with Crippen molar-refractivity contribution < 1.29 is 4.74 Å². The van der Waals surface area contributed by atoms with Crippen LogP contribution in [0.4, 0.5) is 0 Å². The van der Waals surface area contributed by atoms with Crippen LogP contribution in [0, 0.1) is 6.92 Å². The van der Waals surface area contributed by atoms with Gasteiger partial charge in [0.15, 0.2) is 4.80 Å². The monoisotopic (exact) mass is 542 g/mol. The van der Waals surface area contributed by atoms with Gasteiger partial charge in [-0.25, -0.2) is 4.99 Å². The fourth-order valence-electron chi connectivity index (χ4n) is 5.04. The number of aromatic nitrogens is 1. The Hall–Kier alpha value is -3.22. The van der Waals surface area contributed by atoms with Crippen LogP contribution >= 0.6 is 27.3 Å². The molecule has 1 atom stereocenters. The lowest BCUT2D eigenvalue weighted by atomic mass is 9.83. The van der Waals surface area contributed by atoms with Crippen molar-refractivity contribution >= 4 is 39.0 Å². The highest BCUT2D eigenvalue weighted by Crippen LogP contribution is 2.43. The molecule has 0 saturated carbocycles. The number of allylic oxidation sites excluding steroid dienone is 1. The van der Waals surface area contributed by atoms with Crippen molar-refractivity contribution in [3.63, 3.8) is 0 Å². The van der Waals surface area contributed by atoms with Gasteiger partial charge in [-0.3, -0.25) is 9.36 Å². The van der Waals surface area contributed by atoms with E-state index in [9.17, 15) is 4.79 Å². The summed E-state index contributed by atoms with van der Waals surface area (Å²) in [5, 5.41) is 0. The van der Waals surface area contributed by atoms with Crippen molar-refractivity contribution in [2.75, 3.05) is 7.11 Å². The highest BCUT2D eigenvalue weighted by Gasteiger charge is 2.33. The Labute approximate surface area is 215 Å². The first-order valence-corrected chi connectivity index (χ1v) is 13.2. The number of benzene rings is 3. The van der Waals surface area contributed by atoms with E-state index in [1.807, 2.05) is 41.0 Å².